The first-order valence-electron chi connectivity index (χ1n) is 8.07. The molecular weight excluding hydrogens is 397 g/mol. The van der Waals surface area contributed by atoms with Gasteiger partial charge in [0.25, 0.3) is 5.91 Å². The summed E-state index contributed by atoms with van der Waals surface area (Å²) in [5, 5.41) is 9.25. The molecule has 6 nitrogen and oxygen atoms in total. The zero-order chi connectivity index (χ0) is 20.0. The predicted molar refractivity (Wildman–Crippen MR) is 93.8 cm³/mol. The molecule has 0 radical (unpaired) electrons. The highest BCUT2D eigenvalue weighted by atomic mass is 32.1. The summed E-state index contributed by atoms with van der Waals surface area (Å²) in [5.41, 5.74) is 0.0706. The number of aromatic nitrogens is 1. The lowest BCUT2D eigenvalue weighted by molar-refractivity contribution is -0.142. The number of para-hydroxylation sites is 2. The molecule has 0 fully saturated rings. The van der Waals surface area contributed by atoms with Gasteiger partial charge >= 0.3 is 5.97 Å². The number of thiazole rings is 1. The van der Waals surface area contributed by atoms with Crippen molar-refractivity contribution in [1.29, 1.82) is 0 Å². The van der Waals surface area contributed by atoms with Crippen LogP contribution >= 0.6 is 11.3 Å². The van der Waals surface area contributed by atoms with Gasteiger partial charge in [0.2, 0.25) is 0 Å². The maximum absolute atomic E-state index is 13.9. The lowest BCUT2D eigenvalue weighted by atomic mass is 10.1. The van der Waals surface area contributed by atoms with Crippen molar-refractivity contribution in [3.8, 4) is 5.75 Å². The largest absolute Gasteiger partial charge is 0.481 e. The molecule has 1 unspecified atom stereocenters. The molecule has 0 saturated heterocycles. The number of hydrogen-bond donors (Lipinski definition) is 1. The average molecular weight is 408 g/mol. The number of carboxylic acids is 1. The molecule has 2 heterocycles. The molecule has 0 aliphatic carbocycles. The first kappa shape index (κ1) is 18.2. The third-order valence-electron chi connectivity index (χ3n) is 4.19. The number of carbonyl (C=O) groups is 2. The molecule has 0 spiro atoms. The van der Waals surface area contributed by atoms with Crippen LogP contribution in [0.1, 0.15) is 11.4 Å². The second kappa shape index (κ2) is 6.79. The van der Waals surface area contributed by atoms with Crippen LogP contribution in [0.2, 0.25) is 0 Å². The van der Waals surface area contributed by atoms with Gasteiger partial charge in [-0.1, -0.05) is 12.1 Å². The number of ether oxygens (including phenoxy) is 1. The number of carboxylic acid groups (broad SMARTS) is 1. The van der Waals surface area contributed by atoms with Crippen molar-refractivity contribution >= 4 is 39.1 Å². The molecule has 0 bridgehead atoms. The number of halogens is 3. The monoisotopic (exact) mass is 408 g/mol. The maximum atomic E-state index is 13.9. The summed E-state index contributed by atoms with van der Waals surface area (Å²) in [7, 11) is 0. The molecule has 2 aromatic carbocycles. The molecule has 1 aliphatic rings. The number of amides is 1. The molecule has 28 heavy (non-hydrogen) atoms. The van der Waals surface area contributed by atoms with E-state index in [-0.39, 0.29) is 21.8 Å². The highest BCUT2D eigenvalue weighted by Crippen LogP contribution is 2.36. The van der Waals surface area contributed by atoms with E-state index in [4.69, 9.17) is 9.84 Å². The van der Waals surface area contributed by atoms with Crippen molar-refractivity contribution < 1.29 is 32.6 Å². The molecule has 3 aromatic rings. The van der Waals surface area contributed by atoms with Crippen molar-refractivity contribution in [1.82, 2.24) is 4.98 Å². The molecule has 1 N–H and O–H groups in total. The highest BCUT2D eigenvalue weighted by Gasteiger charge is 2.36. The van der Waals surface area contributed by atoms with Crippen molar-refractivity contribution in [2.75, 3.05) is 4.90 Å². The summed E-state index contributed by atoms with van der Waals surface area (Å²) in [5.74, 6) is -5.82. The number of benzene rings is 2. The molecular formula is C18H11F3N2O4S. The molecule has 1 amide bonds. The molecule has 1 aliphatic heterocycles. The number of anilines is 1. The van der Waals surface area contributed by atoms with Crippen LogP contribution in [0.4, 0.5) is 18.9 Å². The van der Waals surface area contributed by atoms with Crippen molar-refractivity contribution in [2.24, 2.45) is 0 Å². The topological polar surface area (TPSA) is 79.7 Å². The zero-order valence-electron chi connectivity index (χ0n) is 14.0. The van der Waals surface area contributed by atoms with Gasteiger partial charge in [0, 0.05) is 0 Å². The maximum Gasteiger partial charge on any atom is 0.307 e. The Morgan fingerprint density at radius 1 is 1.25 bits per heavy atom. The number of hydrogen-bond acceptors (Lipinski definition) is 5. The molecule has 4 rings (SSSR count). The Bertz CT molecular complexity index is 1120. The SMILES string of the molecule is O=C(O)CC1Oc2ccccc2N(Cc2nc3c(F)c(F)c(F)cc3s2)C1=O. The van der Waals surface area contributed by atoms with Crippen LogP contribution in [0.5, 0.6) is 5.75 Å². The number of carbonyl (C=O) groups excluding carboxylic acids is 1. The van der Waals surface area contributed by atoms with Crippen LogP contribution in [-0.2, 0) is 16.1 Å². The van der Waals surface area contributed by atoms with Crippen LogP contribution in [0.25, 0.3) is 10.2 Å². The van der Waals surface area contributed by atoms with E-state index in [1.54, 1.807) is 24.3 Å². The van der Waals surface area contributed by atoms with E-state index < -0.39 is 41.9 Å². The van der Waals surface area contributed by atoms with Gasteiger partial charge in [0.15, 0.2) is 23.6 Å². The summed E-state index contributed by atoms with van der Waals surface area (Å²) in [4.78, 5) is 29.0. The summed E-state index contributed by atoms with van der Waals surface area (Å²) in [6, 6.07) is 7.38. The summed E-state index contributed by atoms with van der Waals surface area (Å²) < 4.78 is 46.4. The predicted octanol–water partition coefficient (Wildman–Crippen LogP) is 3.48. The fraction of sp³-hybridized carbons (Fsp3) is 0.167. The zero-order valence-corrected chi connectivity index (χ0v) is 14.8. The number of rotatable bonds is 4. The van der Waals surface area contributed by atoms with Gasteiger partial charge < -0.3 is 9.84 Å². The smallest absolute Gasteiger partial charge is 0.307 e. The second-order valence-corrected chi connectivity index (χ2v) is 7.15. The van der Waals surface area contributed by atoms with Crippen molar-refractivity contribution in [2.45, 2.75) is 19.1 Å². The van der Waals surface area contributed by atoms with E-state index >= 15 is 0 Å². The van der Waals surface area contributed by atoms with E-state index in [1.165, 1.54) is 4.90 Å². The second-order valence-electron chi connectivity index (χ2n) is 6.04. The minimum Gasteiger partial charge on any atom is -0.481 e. The lowest BCUT2D eigenvalue weighted by Crippen LogP contribution is -2.46. The molecule has 144 valence electrons. The Labute approximate surface area is 159 Å². The van der Waals surface area contributed by atoms with Crippen LogP contribution < -0.4 is 9.64 Å². The minimum absolute atomic E-state index is 0.0995. The third kappa shape index (κ3) is 3.05. The van der Waals surface area contributed by atoms with Gasteiger partial charge in [-0.15, -0.1) is 11.3 Å². The number of nitrogens with zero attached hydrogens (tertiary/aromatic N) is 2. The fourth-order valence-electron chi connectivity index (χ4n) is 2.95. The summed E-state index contributed by atoms with van der Waals surface area (Å²) in [6.45, 7) is -0.128. The van der Waals surface area contributed by atoms with Gasteiger partial charge in [-0.2, -0.15) is 0 Å². The van der Waals surface area contributed by atoms with Gasteiger partial charge in [-0.05, 0) is 18.2 Å². The first-order chi connectivity index (χ1) is 13.3. The standard InChI is InChI=1S/C18H11F3N2O4S/c19-8-5-12-17(16(21)15(8)20)22-13(28-12)7-23-9-3-1-2-4-10(9)27-11(18(23)26)6-14(24)25/h1-5,11H,6-7H2,(H,24,25). The van der Waals surface area contributed by atoms with Crippen molar-refractivity contribution in [3.63, 3.8) is 0 Å². The van der Waals surface area contributed by atoms with E-state index in [1.807, 2.05) is 0 Å². The lowest BCUT2D eigenvalue weighted by Gasteiger charge is -2.33. The van der Waals surface area contributed by atoms with Gasteiger partial charge in [0.05, 0.1) is 23.4 Å². The van der Waals surface area contributed by atoms with Crippen molar-refractivity contribution in [3.05, 3.63) is 52.8 Å². The molecule has 1 aromatic heterocycles. The summed E-state index contributed by atoms with van der Waals surface area (Å²) >= 11 is 0.911. The summed E-state index contributed by atoms with van der Waals surface area (Å²) in [6.07, 6.45) is -1.76. The van der Waals surface area contributed by atoms with E-state index in [9.17, 15) is 22.8 Å². The fourth-order valence-corrected chi connectivity index (χ4v) is 3.93. The van der Waals surface area contributed by atoms with Gasteiger partial charge in [0.1, 0.15) is 16.3 Å². The highest BCUT2D eigenvalue weighted by molar-refractivity contribution is 7.18. The quantitative estimate of drug-likeness (QED) is 0.669. The third-order valence-corrected chi connectivity index (χ3v) is 5.17. The normalized spacial score (nSPS) is 16.2. The Balaban J connectivity index is 1.73. The molecule has 0 saturated carbocycles. The molecule has 10 heteroatoms. The Kier molecular flexibility index (Phi) is 4.42. The first-order valence-corrected chi connectivity index (χ1v) is 8.88. The van der Waals surface area contributed by atoms with Crippen LogP contribution in [0, 0.1) is 17.5 Å². The Morgan fingerprint density at radius 3 is 2.75 bits per heavy atom. The Morgan fingerprint density at radius 2 is 2.00 bits per heavy atom. The molecule has 1 atom stereocenters. The van der Waals surface area contributed by atoms with Crippen LogP contribution in [0.15, 0.2) is 30.3 Å². The van der Waals surface area contributed by atoms with E-state index in [0.717, 1.165) is 17.4 Å². The van der Waals surface area contributed by atoms with Crippen LogP contribution in [-0.4, -0.2) is 28.1 Å². The van der Waals surface area contributed by atoms with E-state index in [0.29, 0.717) is 11.4 Å². The average Bonchev–Trinajstić information content (AvgIpc) is 3.05. The Hall–Kier alpha value is -3.14. The van der Waals surface area contributed by atoms with Gasteiger partial charge in [-0.25, -0.2) is 18.2 Å². The van der Waals surface area contributed by atoms with Gasteiger partial charge in [-0.3, -0.25) is 14.5 Å². The number of fused-ring (bicyclic) bond motifs is 2. The number of aliphatic carboxylic acids is 1. The van der Waals surface area contributed by atoms with E-state index in [2.05, 4.69) is 4.98 Å². The minimum atomic E-state index is -1.61. The van der Waals surface area contributed by atoms with Crippen LogP contribution in [0.3, 0.4) is 0 Å².